The summed E-state index contributed by atoms with van der Waals surface area (Å²) in [4.78, 5) is 30.0. The summed E-state index contributed by atoms with van der Waals surface area (Å²) in [5.74, 6) is -0.212. The number of nitrogens with one attached hydrogen (secondary N) is 1. The first-order valence-corrected chi connectivity index (χ1v) is 7.55. The Morgan fingerprint density at radius 3 is 2.87 bits per heavy atom. The van der Waals surface area contributed by atoms with E-state index in [2.05, 4.69) is 10.3 Å². The second-order valence-corrected chi connectivity index (χ2v) is 5.35. The molecule has 3 rings (SSSR count). The fourth-order valence-electron chi connectivity index (χ4n) is 2.67. The van der Waals surface area contributed by atoms with Crippen molar-refractivity contribution in [1.29, 1.82) is 0 Å². The van der Waals surface area contributed by atoms with E-state index in [1.54, 1.807) is 35.4 Å². The monoisotopic (exact) mass is 310 g/mol. The van der Waals surface area contributed by atoms with Crippen molar-refractivity contribution in [3.63, 3.8) is 0 Å². The van der Waals surface area contributed by atoms with Crippen molar-refractivity contribution < 1.29 is 9.59 Å². The van der Waals surface area contributed by atoms with E-state index in [9.17, 15) is 9.59 Å². The molecule has 0 fully saturated rings. The zero-order valence-electron chi connectivity index (χ0n) is 12.7. The second kappa shape index (κ2) is 6.58. The largest absolute Gasteiger partial charge is 0.330 e. The topological polar surface area (TPSA) is 88.3 Å². The van der Waals surface area contributed by atoms with E-state index < -0.39 is 0 Å². The van der Waals surface area contributed by atoms with Crippen molar-refractivity contribution in [2.24, 2.45) is 5.73 Å². The Morgan fingerprint density at radius 1 is 1.26 bits per heavy atom. The number of nitrogens with zero attached hydrogens (tertiary/aromatic N) is 2. The maximum Gasteiger partial charge on any atom is 0.276 e. The minimum absolute atomic E-state index is 0.105. The highest BCUT2D eigenvalue weighted by molar-refractivity contribution is 6.06. The highest BCUT2D eigenvalue weighted by Crippen LogP contribution is 2.31. The molecule has 2 aromatic rings. The van der Waals surface area contributed by atoms with Crippen LogP contribution in [0.25, 0.3) is 0 Å². The summed E-state index contributed by atoms with van der Waals surface area (Å²) in [7, 11) is 0. The van der Waals surface area contributed by atoms with Crippen LogP contribution in [0.15, 0.2) is 42.6 Å². The summed E-state index contributed by atoms with van der Waals surface area (Å²) in [6.07, 6.45) is 2.66. The van der Waals surface area contributed by atoms with Gasteiger partial charge in [0.15, 0.2) is 0 Å². The number of aromatic nitrogens is 1. The molecular formula is C17H18N4O2. The lowest BCUT2D eigenvalue weighted by Crippen LogP contribution is -2.29. The third-order valence-electron chi connectivity index (χ3n) is 3.76. The lowest BCUT2D eigenvalue weighted by Gasteiger charge is -2.17. The van der Waals surface area contributed by atoms with Crippen LogP contribution in [-0.2, 0) is 11.2 Å². The van der Waals surface area contributed by atoms with E-state index >= 15 is 0 Å². The number of benzene rings is 1. The number of hydrogen-bond donors (Lipinski definition) is 2. The standard InChI is InChI=1S/C17H18N4O2/c18-8-6-16(22)20-13-4-5-15-12(11-13)7-10-21(15)17(23)14-3-1-2-9-19-14/h1-5,9,11H,6-8,10,18H2,(H,20,22). The zero-order valence-corrected chi connectivity index (χ0v) is 12.7. The molecule has 1 aliphatic rings. The quantitative estimate of drug-likeness (QED) is 0.897. The number of rotatable bonds is 4. The maximum atomic E-state index is 12.5. The highest BCUT2D eigenvalue weighted by atomic mass is 16.2. The molecule has 118 valence electrons. The Hall–Kier alpha value is -2.73. The summed E-state index contributed by atoms with van der Waals surface area (Å²) in [5, 5.41) is 2.81. The molecule has 0 spiro atoms. The van der Waals surface area contributed by atoms with E-state index in [0.29, 0.717) is 25.2 Å². The first-order chi connectivity index (χ1) is 11.2. The van der Waals surface area contributed by atoms with Gasteiger partial charge in [0.1, 0.15) is 5.69 Å². The number of fused-ring (bicyclic) bond motifs is 1. The van der Waals surface area contributed by atoms with Crippen LogP contribution >= 0.6 is 0 Å². The molecule has 23 heavy (non-hydrogen) atoms. The number of carbonyl (C=O) groups is 2. The van der Waals surface area contributed by atoms with Crippen molar-refractivity contribution in [3.8, 4) is 0 Å². The van der Waals surface area contributed by atoms with Gasteiger partial charge in [-0.05, 0) is 42.3 Å². The Morgan fingerprint density at radius 2 is 2.13 bits per heavy atom. The lowest BCUT2D eigenvalue weighted by atomic mass is 10.1. The van der Waals surface area contributed by atoms with Crippen LogP contribution in [0.2, 0.25) is 0 Å². The zero-order chi connectivity index (χ0) is 16.2. The van der Waals surface area contributed by atoms with Crippen molar-refractivity contribution in [2.45, 2.75) is 12.8 Å². The SMILES string of the molecule is NCCC(=O)Nc1ccc2c(c1)CCN2C(=O)c1ccccn1. The molecule has 1 aliphatic heterocycles. The highest BCUT2D eigenvalue weighted by Gasteiger charge is 2.26. The number of pyridine rings is 1. The molecule has 3 N–H and O–H groups in total. The normalized spacial score (nSPS) is 12.8. The summed E-state index contributed by atoms with van der Waals surface area (Å²) in [5.41, 5.74) is 8.45. The van der Waals surface area contributed by atoms with E-state index in [1.165, 1.54) is 0 Å². The fraction of sp³-hybridized carbons (Fsp3) is 0.235. The van der Waals surface area contributed by atoms with Gasteiger partial charge < -0.3 is 16.0 Å². The molecule has 6 nitrogen and oxygen atoms in total. The average molecular weight is 310 g/mol. The van der Waals surface area contributed by atoms with Crippen molar-refractivity contribution in [3.05, 3.63) is 53.9 Å². The van der Waals surface area contributed by atoms with Gasteiger partial charge in [0, 0.05) is 37.1 Å². The Balaban J connectivity index is 1.79. The first-order valence-electron chi connectivity index (χ1n) is 7.55. The molecular weight excluding hydrogens is 292 g/mol. The van der Waals surface area contributed by atoms with Crippen LogP contribution in [-0.4, -0.2) is 29.9 Å². The second-order valence-electron chi connectivity index (χ2n) is 5.35. The summed E-state index contributed by atoms with van der Waals surface area (Å²) >= 11 is 0. The summed E-state index contributed by atoms with van der Waals surface area (Å²) < 4.78 is 0. The van der Waals surface area contributed by atoms with Crippen LogP contribution < -0.4 is 16.0 Å². The van der Waals surface area contributed by atoms with Crippen LogP contribution in [0.3, 0.4) is 0 Å². The number of amides is 2. The number of hydrogen-bond acceptors (Lipinski definition) is 4. The molecule has 1 aromatic carbocycles. The molecule has 0 bridgehead atoms. The van der Waals surface area contributed by atoms with Gasteiger partial charge in [-0.15, -0.1) is 0 Å². The van der Waals surface area contributed by atoms with E-state index in [0.717, 1.165) is 23.4 Å². The Kier molecular flexibility index (Phi) is 4.34. The minimum atomic E-state index is -0.107. The van der Waals surface area contributed by atoms with E-state index in [1.807, 2.05) is 12.1 Å². The first kappa shape index (κ1) is 15.2. The average Bonchev–Trinajstić information content (AvgIpc) is 2.98. The van der Waals surface area contributed by atoms with Gasteiger partial charge in [-0.2, -0.15) is 0 Å². The fourth-order valence-corrected chi connectivity index (χ4v) is 2.67. The van der Waals surface area contributed by atoms with Crippen molar-refractivity contribution in [1.82, 2.24) is 4.98 Å². The van der Waals surface area contributed by atoms with Gasteiger partial charge in [0.2, 0.25) is 5.91 Å². The summed E-state index contributed by atoms with van der Waals surface area (Å²) in [6.45, 7) is 0.939. The van der Waals surface area contributed by atoms with Crippen LogP contribution in [0, 0.1) is 0 Å². The molecule has 0 unspecified atom stereocenters. The summed E-state index contributed by atoms with van der Waals surface area (Å²) in [6, 6.07) is 10.9. The maximum absolute atomic E-state index is 12.5. The van der Waals surface area contributed by atoms with Crippen molar-refractivity contribution >= 4 is 23.2 Å². The van der Waals surface area contributed by atoms with Crippen molar-refractivity contribution in [2.75, 3.05) is 23.3 Å². The van der Waals surface area contributed by atoms with Crippen LogP contribution in [0.4, 0.5) is 11.4 Å². The smallest absolute Gasteiger partial charge is 0.276 e. The molecule has 0 radical (unpaired) electrons. The molecule has 0 saturated heterocycles. The van der Waals surface area contributed by atoms with Crippen LogP contribution in [0.1, 0.15) is 22.5 Å². The van der Waals surface area contributed by atoms with Gasteiger partial charge in [-0.1, -0.05) is 6.07 Å². The van der Waals surface area contributed by atoms with Gasteiger partial charge in [0.25, 0.3) is 5.91 Å². The molecule has 0 atom stereocenters. The molecule has 0 saturated carbocycles. The molecule has 1 aromatic heterocycles. The van der Waals surface area contributed by atoms with Crippen LogP contribution in [0.5, 0.6) is 0 Å². The predicted octanol–water partition coefficient (Wildman–Crippen LogP) is 1.57. The minimum Gasteiger partial charge on any atom is -0.330 e. The third-order valence-corrected chi connectivity index (χ3v) is 3.76. The van der Waals surface area contributed by atoms with Gasteiger partial charge >= 0.3 is 0 Å². The third kappa shape index (κ3) is 3.22. The number of anilines is 2. The Bertz CT molecular complexity index is 731. The van der Waals surface area contributed by atoms with Gasteiger partial charge in [-0.3, -0.25) is 14.6 Å². The Labute approximate surface area is 134 Å². The predicted molar refractivity (Wildman–Crippen MR) is 88.4 cm³/mol. The van der Waals surface area contributed by atoms with E-state index in [4.69, 9.17) is 5.73 Å². The number of nitrogens with two attached hydrogens (primary N) is 1. The molecule has 2 heterocycles. The lowest BCUT2D eigenvalue weighted by molar-refractivity contribution is -0.116. The molecule has 0 aliphatic carbocycles. The van der Waals surface area contributed by atoms with Gasteiger partial charge in [-0.25, -0.2) is 0 Å². The number of carbonyl (C=O) groups excluding carboxylic acids is 2. The molecule has 6 heteroatoms. The molecule has 2 amide bonds. The van der Waals surface area contributed by atoms with Gasteiger partial charge in [0.05, 0.1) is 0 Å². The van der Waals surface area contributed by atoms with E-state index in [-0.39, 0.29) is 11.8 Å².